The number of esters is 1. The second kappa shape index (κ2) is 4.81. The van der Waals surface area contributed by atoms with E-state index in [1.807, 2.05) is 0 Å². The predicted molar refractivity (Wildman–Crippen MR) is 71.3 cm³/mol. The van der Waals surface area contributed by atoms with E-state index in [-0.39, 0.29) is 29.9 Å². The Balaban J connectivity index is 2.22. The van der Waals surface area contributed by atoms with Crippen LogP contribution in [0, 0.1) is 5.92 Å². The number of aromatic nitrogens is 2. The summed E-state index contributed by atoms with van der Waals surface area (Å²) in [5.41, 5.74) is 5.01. The molecule has 110 valence electrons. The summed E-state index contributed by atoms with van der Waals surface area (Å²) in [5, 5.41) is 9.16. The van der Waals surface area contributed by atoms with Gasteiger partial charge < -0.3 is 20.1 Å². The monoisotopic (exact) mass is 281 g/mol. The highest BCUT2D eigenvalue weighted by molar-refractivity contribution is 5.91. The smallest absolute Gasteiger partial charge is 0.356 e. The minimum atomic E-state index is -1.13. The van der Waals surface area contributed by atoms with Crippen LogP contribution in [-0.4, -0.2) is 32.2 Å². The van der Waals surface area contributed by atoms with Gasteiger partial charge in [-0.05, 0) is 27.2 Å². The Kier molecular flexibility index (Phi) is 3.45. The van der Waals surface area contributed by atoms with Crippen molar-refractivity contribution in [1.82, 2.24) is 9.55 Å². The van der Waals surface area contributed by atoms with Gasteiger partial charge in [-0.2, -0.15) is 0 Å². The van der Waals surface area contributed by atoms with E-state index in [1.165, 1.54) is 4.57 Å². The molecule has 0 saturated carbocycles. The highest BCUT2D eigenvalue weighted by atomic mass is 16.6. The number of nitrogens with two attached hydrogens (primary N) is 1. The number of hydrogen-bond acceptors (Lipinski definition) is 5. The van der Waals surface area contributed by atoms with Crippen molar-refractivity contribution < 1.29 is 19.4 Å². The number of nitrogens with zero attached hydrogens (tertiary/aromatic N) is 2. The number of hydrogen-bond donors (Lipinski definition) is 2. The normalized spacial score (nSPS) is 18.4. The van der Waals surface area contributed by atoms with Crippen molar-refractivity contribution in [3.05, 3.63) is 11.5 Å². The molecule has 20 heavy (non-hydrogen) atoms. The van der Waals surface area contributed by atoms with Gasteiger partial charge in [-0.1, -0.05) is 0 Å². The molecule has 3 N–H and O–H groups in total. The fourth-order valence-electron chi connectivity index (χ4n) is 2.32. The zero-order chi connectivity index (χ0) is 15.1. The second-order valence-corrected chi connectivity index (χ2v) is 5.95. The number of imidazole rings is 1. The molecule has 0 radical (unpaired) electrons. The molecule has 0 saturated heterocycles. The van der Waals surface area contributed by atoms with Crippen LogP contribution in [0.25, 0.3) is 0 Å². The van der Waals surface area contributed by atoms with Gasteiger partial charge in [-0.3, -0.25) is 4.79 Å². The highest BCUT2D eigenvalue weighted by Gasteiger charge is 2.32. The summed E-state index contributed by atoms with van der Waals surface area (Å²) < 4.78 is 6.86. The molecule has 1 atom stereocenters. The standard InChI is InChI=1S/C13H19N3O4/c1-13(2,3)20-12(19)7-4-5-8-15-10(14)9(11(17)18)16(8)6-7/h7H,4-6,14H2,1-3H3,(H,17,18). The molecule has 0 fully saturated rings. The summed E-state index contributed by atoms with van der Waals surface area (Å²) in [4.78, 5) is 27.3. The third-order valence-corrected chi connectivity index (χ3v) is 3.14. The molecule has 7 nitrogen and oxygen atoms in total. The lowest BCUT2D eigenvalue weighted by Gasteiger charge is -2.27. The van der Waals surface area contributed by atoms with E-state index in [1.54, 1.807) is 20.8 Å². The van der Waals surface area contributed by atoms with Crippen LogP contribution in [0.3, 0.4) is 0 Å². The molecule has 1 aromatic rings. The molecule has 0 aromatic carbocycles. The van der Waals surface area contributed by atoms with Crippen molar-refractivity contribution in [3.8, 4) is 0 Å². The van der Waals surface area contributed by atoms with Crippen LogP contribution in [0.5, 0.6) is 0 Å². The first-order valence-corrected chi connectivity index (χ1v) is 6.50. The SMILES string of the molecule is CC(C)(C)OC(=O)C1CCc2nc(N)c(C(=O)O)n2C1. The molecule has 1 aliphatic heterocycles. The first kappa shape index (κ1) is 14.4. The summed E-state index contributed by atoms with van der Waals surface area (Å²) in [6.45, 7) is 5.65. The average molecular weight is 281 g/mol. The van der Waals surface area contributed by atoms with E-state index in [0.29, 0.717) is 18.7 Å². The summed E-state index contributed by atoms with van der Waals surface area (Å²) in [6, 6.07) is 0. The number of fused-ring (bicyclic) bond motifs is 1. The van der Waals surface area contributed by atoms with Crippen LogP contribution in [0.2, 0.25) is 0 Å². The van der Waals surface area contributed by atoms with Gasteiger partial charge in [0.2, 0.25) is 0 Å². The molecular weight excluding hydrogens is 262 g/mol. The van der Waals surface area contributed by atoms with Crippen LogP contribution in [0.4, 0.5) is 5.82 Å². The molecule has 7 heteroatoms. The number of anilines is 1. The van der Waals surface area contributed by atoms with Crippen LogP contribution in [0.15, 0.2) is 0 Å². The lowest BCUT2D eigenvalue weighted by molar-refractivity contribution is -0.161. The van der Waals surface area contributed by atoms with Crippen LogP contribution < -0.4 is 5.73 Å². The maximum Gasteiger partial charge on any atom is 0.356 e. The van der Waals surface area contributed by atoms with Gasteiger partial charge in [0.1, 0.15) is 11.4 Å². The molecule has 0 aliphatic carbocycles. The van der Waals surface area contributed by atoms with Crippen molar-refractivity contribution in [2.24, 2.45) is 5.92 Å². The second-order valence-electron chi connectivity index (χ2n) is 5.95. The van der Waals surface area contributed by atoms with Gasteiger partial charge in [0.25, 0.3) is 0 Å². The van der Waals surface area contributed by atoms with Crippen molar-refractivity contribution in [1.29, 1.82) is 0 Å². The van der Waals surface area contributed by atoms with E-state index in [0.717, 1.165) is 0 Å². The Morgan fingerprint density at radius 1 is 1.45 bits per heavy atom. The number of nitrogen functional groups attached to an aromatic ring is 1. The molecule has 0 bridgehead atoms. The van der Waals surface area contributed by atoms with Gasteiger partial charge >= 0.3 is 11.9 Å². The average Bonchev–Trinajstić information content (AvgIpc) is 2.61. The molecular formula is C13H19N3O4. The summed E-state index contributed by atoms with van der Waals surface area (Å²) in [6.07, 6.45) is 1.10. The van der Waals surface area contributed by atoms with E-state index in [2.05, 4.69) is 4.98 Å². The molecule has 0 amide bonds. The van der Waals surface area contributed by atoms with Gasteiger partial charge in [-0.15, -0.1) is 0 Å². The predicted octanol–water partition coefficient (Wildman–Crippen LogP) is 1.07. The number of carboxylic acids is 1. The largest absolute Gasteiger partial charge is 0.476 e. The van der Waals surface area contributed by atoms with Gasteiger partial charge in [0.05, 0.1) is 5.92 Å². The Bertz CT molecular complexity index is 557. The third kappa shape index (κ3) is 2.76. The van der Waals surface area contributed by atoms with Gasteiger partial charge in [0.15, 0.2) is 11.5 Å². The first-order valence-electron chi connectivity index (χ1n) is 6.50. The number of aromatic carboxylic acids is 1. The number of carbonyl (C=O) groups is 2. The molecule has 2 heterocycles. The fraction of sp³-hybridized carbons (Fsp3) is 0.615. The van der Waals surface area contributed by atoms with Crippen molar-refractivity contribution in [2.75, 3.05) is 5.73 Å². The Morgan fingerprint density at radius 2 is 2.10 bits per heavy atom. The van der Waals surface area contributed by atoms with Gasteiger partial charge in [-0.25, -0.2) is 9.78 Å². The molecule has 1 aromatic heterocycles. The third-order valence-electron chi connectivity index (χ3n) is 3.14. The van der Waals surface area contributed by atoms with Crippen LogP contribution in [-0.2, 0) is 22.5 Å². The lowest BCUT2D eigenvalue weighted by Crippen LogP contribution is -2.34. The summed E-state index contributed by atoms with van der Waals surface area (Å²) >= 11 is 0. The van der Waals surface area contributed by atoms with Crippen molar-refractivity contribution in [2.45, 2.75) is 45.8 Å². The minimum Gasteiger partial charge on any atom is -0.476 e. The van der Waals surface area contributed by atoms with E-state index in [9.17, 15) is 9.59 Å². The quantitative estimate of drug-likeness (QED) is 0.785. The number of ether oxygens (including phenoxy) is 1. The number of aryl methyl sites for hydroxylation is 1. The van der Waals surface area contributed by atoms with Crippen LogP contribution >= 0.6 is 0 Å². The first-order chi connectivity index (χ1) is 9.19. The lowest BCUT2D eigenvalue weighted by atomic mass is 9.99. The Labute approximate surface area is 116 Å². The molecule has 0 spiro atoms. The zero-order valence-corrected chi connectivity index (χ0v) is 11.8. The number of carbonyl (C=O) groups excluding carboxylic acids is 1. The fourth-order valence-corrected chi connectivity index (χ4v) is 2.32. The van der Waals surface area contributed by atoms with E-state index in [4.69, 9.17) is 15.6 Å². The zero-order valence-electron chi connectivity index (χ0n) is 11.8. The van der Waals surface area contributed by atoms with Gasteiger partial charge in [0, 0.05) is 13.0 Å². The highest BCUT2D eigenvalue weighted by Crippen LogP contribution is 2.26. The van der Waals surface area contributed by atoms with Crippen molar-refractivity contribution >= 4 is 17.8 Å². The number of carboxylic acid groups (broad SMARTS) is 1. The Hall–Kier alpha value is -2.05. The minimum absolute atomic E-state index is 0.00246. The topological polar surface area (TPSA) is 107 Å². The van der Waals surface area contributed by atoms with E-state index < -0.39 is 11.6 Å². The number of rotatable bonds is 2. The van der Waals surface area contributed by atoms with Crippen LogP contribution in [0.1, 0.15) is 43.5 Å². The van der Waals surface area contributed by atoms with Crippen molar-refractivity contribution in [3.63, 3.8) is 0 Å². The summed E-state index contributed by atoms with van der Waals surface area (Å²) in [5.74, 6) is -1.21. The van der Waals surface area contributed by atoms with E-state index >= 15 is 0 Å². The molecule has 1 aliphatic rings. The maximum absolute atomic E-state index is 12.1. The molecule has 1 unspecified atom stereocenters. The Morgan fingerprint density at radius 3 is 2.65 bits per heavy atom. The maximum atomic E-state index is 12.1. The molecule has 2 rings (SSSR count). The summed E-state index contributed by atoms with van der Waals surface area (Å²) in [7, 11) is 0.